The number of hydrogen-bond acceptors (Lipinski definition) is 4. The Labute approximate surface area is 135 Å². The number of aliphatic imine (C=N–C) groups is 2. The van der Waals surface area contributed by atoms with Crippen LogP contribution in [0.1, 0.15) is 6.42 Å². The Kier molecular flexibility index (Phi) is 4.91. The van der Waals surface area contributed by atoms with Gasteiger partial charge in [-0.1, -0.05) is 30.4 Å². The Morgan fingerprint density at radius 3 is 2.86 bits per heavy atom. The first-order valence-corrected chi connectivity index (χ1v) is 8.30. The minimum Gasteiger partial charge on any atom is -0.457 e. The van der Waals surface area contributed by atoms with Crippen molar-refractivity contribution in [3.63, 3.8) is 0 Å². The van der Waals surface area contributed by atoms with Crippen molar-refractivity contribution in [3.05, 3.63) is 66.0 Å². The predicted octanol–water partition coefficient (Wildman–Crippen LogP) is 4.05. The maximum absolute atomic E-state index is 5.88. The molecule has 1 aliphatic heterocycles. The monoisotopic (exact) mass is 310 g/mol. The third kappa shape index (κ3) is 3.57. The molecule has 0 fully saturated rings. The molecule has 1 aliphatic carbocycles. The molecule has 0 spiro atoms. The molecule has 0 radical (unpaired) electrons. The van der Waals surface area contributed by atoms with E-state index in [0.717, 1.165) is 41.0 Å². The Bertz CT molecular complexity index is 684. The van der Waals surface area contributed by atoms with E-state index in [1.165, 1.54) is 5.57 Å². The van der Waals surface area contributed by atoms with Gasteiger partial charge in [-0.25, -0.2) is 0 Å². The summed E-state index contributed by atoms with van der Waals surface area (Å²) in [4.78, 5) is 9.00. The van der Waals surface area contributed by atoms with Crippen molar-refractivity contribution in [2.45, 2.75) is 6.42 Å². The highest BCUT2D eigenvalue weighted by Crippen LogP contribution is 2.22. The number of thioether (sulfide) groups is 1. The largest absolute Gasteiger partial charge is 0.457 e. The van der Waals surface area contributed by atoms with Crippen molar-refractivity contribution < 1.29 is 4.74 Å². The minimum atomic E-state index is 0.834. The summed E-state index contributed by atoms with van der Waals surface area (Å²) in [6, 6.07) is 9.82. The number of allylic oxidation sites excluding steroid dienone is 5. The maximum Gasteiger partial charge on any atom is 0.127 e. The lowest BCUT2D eigenvalue weighted by Crippen LogP contribution is -2.19. The van der Waals surface area contributed by atoms with Gasteiger partial charge < -0.3 is 4.74 Å². The molecule has 1 aromatic rings. The second kappa shape index (κ2) is 7.27. The van der Waals surface area contributed by atoms with E-state index in [2.05, 4.69) is 22.1 Å². The van der Waals surface area contributed by atoms with Crippen LogP contribution in [-0.4, -0.2) is 30.1 Å². The van der Waals surface area contributed by atoms with Gasteiger partial charge in [0, 0.05) is 19.3 Å². The van der Waals surface area contributed by atoms with Gasteiger partial charge in [-0.3, -0.25) is 9.98 Å². The lowest BCUT2D eigenvalue weighted by atomic mass is 10.1. The van der Waals surface area contributed by atoms with E-state index in [9.17, 15) is 0 Å². The van der Waals surface area contributed by atoms with Crippen LogP contribution >= 0.6 is 11.8 Å². The fourth-order valence-electron chi connectivity index (χ4n) is 2.32. The van der Waals surface area contributed by atoms with Crippen LogP contribution in [0.3, 0.4) is 0 Å². The second-order valence-corrected chi connectivity index (χ2v) is 5.97. The van der Waals surface area contributed by atoms with E-state index < -0.39 is 0 Å². The smallest absolute Gasteiger partial charge is 0.127 e. The van der Waals surface area contributed by atoms with Crippen LogP contribution in [0.25, 0.3) is 0 Å². The zero-order valence-electron chi connectivity index (χ0n) is 12.5. The highest BCUT2D eigenvalue weighted by atomic mass is 32.2. The molecule has 0 amide bonds. The van der Waals surface area contributed by atoms with Gasteiger partial charge in [0.25, 0.3) is 0 Å². The Balaban J connectivity index is 1.81. The van der Waals surface area contributed by atoms with Crippen LogP contribution in [-0.2, 0) is 0 Å². The van der Waals surface area contributed by atoms with E-state index >= 15 is 0 Å². The molecule has 0 saturated heterocycles. The summed E-state index contributed by atoms with van der Waals surface area (Å²) in [7, 11) is 1.83. The first kappa shape index (κ1) is 14.9. The Hall–Kier alpha value is -2.07. The SMILES string of the molecule is CN=C1SCCN=C1C1=CC=C(Oc2ccccc2)C=CC1. The fourth-order valence-corrected chi connectivity index (χ4v) is 3.16. The average molecular weight is 310 g/mol. The molecule has 22 heavy (non-hydrogen) atoms. The summed E-state index contributed by atoms with van der Waals surface area (Å²) < 4.78 is 5.88. The zero-order valence-corrected chi connectivity index (χ0v) is 13.3. The van der Waals surface area contributed by atoms with Gasteiger partial charge in [0.05, 0.1) is 5.71 Å². The molecule has 0 bridgehead atoms. The standard InChI is InChI=1S/C18H18N2OS/c1-19-18-17(20-12-13-22-18)14-6-5-9-16(11-10-14)21-15-7-3-2-4-8-15/h2-5,7-11H,6,12-13H2,1H3. The number of benzene rings is 1. The quantitative estimate of drug-likeness (QED) is 0.844. The first-order valence-electron chi connectivity index (χ1n) is 7.32. The molecule has 0 atom stereocenters. The molecule has 0 aromatic heterocycles. The van der Waals surface area contributed by atoms with Crippen molar-refractivity contribution >= 4 is 22.5 Å². The van der Waals surface area contributed by atoms with Gasteiger partial charge in [0.2, 0.25) is 0 Å². The Morgan fingerprint density at radius 1 is 1.18 bits per heavy atom. The van der Waals surface area contributed by atoms with E-state index in [-0.39, 0.29) is 0 Å². The third-order valence-corrected chi connectivity index (χ3v) is 4.39. The third-order valence-electron chi connectivity index (χ3n) is 3.36. The van der Waals surface area contributed by atoms with Crippen LogP contribution in [0, 0.1) is 0 Å². The molecule has 1 heterocycles. The summed E-state index contributed by atoms with van der Waals surface area (Å²) in [6.45, 7) is 0.858. The summed E-state index contributed by atoms with van der Waals surface area (Å²) in [5, 5.41) is 1.03. The van der Waals surface area contributed by atoms with Gasteiger partial charge in [-0.15, -0.1) is 11.8 Å². The van der Waals surface area contributed by atoms with E-state index in [0.29, 0.717) is 0 Å². The van der Waals surface area contributed by atoms with Crippen molar-refractivity contribution in [1.29, 1.82) is 0 Å². The molecule has 0 unspecified atom stereocenters. The molecule has 0 saturated carbocycles. The Morgan fingerprint density at radius 2 is 2.05 bits per heavy atom. The van der Waals surface area contributed by atoms with Crippen LogP contribution < -0.4 is 4.74 Å². The van der Waals surface area contributed by atoms with Crippen LogP contribution in [0.15, 0.2) is 76.0 Å². The predicted molar refractivity (Wildman–Crippen MR) is 95.1 cm³/mol. The van der Waals surface area contributed by atoms with Crippen LogP contribution in [0.5, 0.6) is 5.75 Å². The second-order valence-electron chi connectivity index (χ2n) is 4.89. The molecular formula is C18H18N2OS. The highest BCUT2D eigenvalue weighted by molar-refractivity contribution is 8.15. The number of para-hydroxylation sites is 1. The summed E-state index contributed by atoms with van der Waals surface area (Å²) in [5.41, 5.74) is 2.22. The van der Waals surface area contributed by atoms with Crippen molar-refractivity contribution in [2.24, 2.45) is 9.98 Å². The highest BCUT2D eigenvalue weighted by Gasteiger charge is 2.17. The number of ether oxygens (including phenoxy) is 1. The number of hydrogen-bond donors (Lipinski definition) is 0. The van der Waals surface area contributed by atoms with Crippen LogP contribution in [0.4, 0.5) is 0 Å². The summed E-state index contributed by atoms with van der Waals surface area (Å²) in [6.07, 6.45) is 9.06. The summed E-state index contributed by atoms with van der Waals surface area (Å²) >= 11 is 1.78. The average Bonchev–Trinajstić information content (AvgIpc) is 2.81. The topological polar surface area (TPSA) is 34.0 Å². The number of rotatable bonds is 3. The summed E-state index contributed by atoms with van der Waals surface area (Å²) in [5.74, 6) is 2.69. The minimum absolute atomic E-state index is 0.834. The van der Waals surface area contributed by atoms with Crippen LogP contribution in [0.2, 0.25) is 0 Å². The molecule has 2 aliphatic rings. The van der Waals surface area contributed by atoms with Crippen molar-refractivity contribution in [2.75, 3.05) is 19.3 Å². The molecule has 3 nitrogen and oxygen atoms in total. The fraction of sp³-hybridized carbons (Fsp3) is 0.222. The molecule has 3 rings (SSSR count). The van der Waals surface area contributed by atoms with E-state index in [4.69, 9.17) is 4.74 Å². The van der Waals surface area contributed by atoms with Gasteiger partial charge >= 0.3 is 0 Å². The van der Waals surface area contributed by atoms with Gasteiger partial charge in [0.15, 0.2) is 0 Å². The van der Waals surface area contributed by atoms with Gasteiger partial charge in [0.1, 0.15) is 16.6 Å². The molecular weight excluding hydrogens is 292 g/mol. The van der Waals surface area contributed by atoms with Gasteiger partial charge in [-0.2, -0.15) is 0 Å². The van der Waals surface area contributed by atoms with Crippen molar-refractivity contribution in [3.8, 4) is 5.75 Å². The number of nitrogens with zero attached hydrogens (tertiary/aromatic N) is 2. The lowest BCUT2D eigenvalue weighted by molar-refractivity contribution is 0.444. The lowest BCUT2D eigenvalue weighted by Gasteiger charge is -2.15. The first-order chi connectivity index (χ1) is 10.9. The zero-order chi connectivity index (χ0) is 15.2. The normalized spacial score (nSPS) is 20.0. The maximum atomic E-state index is 5.88. The molecule has 4 heteroatoms. The van der Waals surface area contributed by atoms with Gasteiger partial charge in [-0.05, 0) is 36.3 Å². The van der Waals surface area contributed by atoms with E-state index in [1.54, 1.807) is 11.8 Å². The van der Waals surface area contributed by atoms with Crippen molar-refractivity contribution in [1.82, 2.24) is 0 Å². The molecule has 0 N–H and O–H groups in total. The molecule has 1 aromatic carbocycles. The van der Waals surface area contributed by atoms with E-state index in [1.807, 2.05) is 49.5 Å². The molecule has 112 valence electrons.